The maximum absolute atomic E-state index is 14.6. The Morgan fingerprint density at radius 3 is 2.52 bits per heavy atom. The zero-order chi connectivity index (χ0) is 20.5. The molecule has 3 aromatic rings. The van der Waals surface area contributed by atoms with Gasteiger partial charge in [0.05, 0.1) is 23.0 Å². The van der Waals surface area contributed by atoms with Gasteiger partial charge in [-0.25, -0.2) is 4.39 Å². The van der Waals surface area contributed by atoms with Crippen molar-refractivity contribution < 1.29 is 4.39 Å². The van der Waals surface area contributed by atoms with Crippen LogP contribution >= 0.6 is 0 Å². The molecule has 1 N–H and O–H groups in total. The van der Waals surface area contributed by atoms with E-state index in [1.54, 1.807) is 23.2 Å². The summed E-state index contributed by atoms with van der Waals surface area (Å²) < 4.78 is 14.6. The predicted molar refractivity (Wildman–Crippen MR) is 115 cm³/mol. The highest BCUT2D eigenvalue weighted by atomic mass is 19.1. The number of anilines is 1. The molecule has 29 heavy (non-hydrogen) atoms. The van der Waals surface area contributed by atoms with Gasteiger partial charge in [0.1, 0.15) is 5.82 Å². The standard InChI is InChI=1S/C24H24FN3O/c1-4-17-9-11-18(12-10-17)22-14-20(23-15(2)13-16(3)26-24(23)29)27-28(22)21-8-6-5-7-19(21)25/h5-13,22H,4,14H2,1-3H3,(H,26,29)/t22-/m0/s1. The van der Waals surface area contributed by atoms with Crippen LogP contribution in [0.1, 0.15) is 47.3 Å². The second-order valence-corrected chi connectivity index (χ2v) is 7.50. The van der Waals surface area contributed by atoms with Crippen LogP contribution in [-0.2, 0) is 6.42 Å². The third kappa shape index (κ3) is 3.60. The van der Waals surface area contributed by atoms with Crippen molar-refractivity contribution in [1.29, 1.82) is 0 Å². The maximum Gasteiger partial charge on any atom is 0.257 e. The molecule has 0 saturated carbocycles. The normalized spacial score (nSPS) is 16.2. The predicted octanol–water partition coefficient (Wildman–Crippen LogP) is 5.05. The van der Waals surface area contributed by atoms with Crippen molar-refractivity contribution in [2.75, 3.05) is 5.01 Å². The van der Waals surface area contributed by atoms with E-state index in [1.807, 2.05) is 19.9 Å². The Hall–Kier alpha value is -3.21. The highest BCUT2D eigenvalue weighted by Gasteiger charge is 2.32. The number of halogens is 1. The molecular formula is C24H24FN3O. The number of hydrazone groups is 1. The van der Waals surface area contributed by atoms with Crippen LogP contribution in [0, 0.1) is 19.7 Å². The van der Waals surface area contributed by atoms with Crippen LogP contribution in [0.4, 0.5) is 10.1 Å². The topological polar surface area (TPSA) is 48.5 Å². The minimum atomic E-state index is -0.331. The fraction of sp³-hybridized carbons (Fsp3) is 0.250. The van der Waals surface area contributed by atoms with Crippen LogP contribution in [0.25, 0.3) is 0 Å². The quantitative estimate of drug-likeness (QED) is 0.679. The smallest absolute Gasteiger partial charge is 0.257 e. The number of rotatable bonds is 4. The van der Waals surface area contributed by atoms with E-state index in [-0.39, 0.29) is 17.4 Å². The summed E-state index contributed by atoms with van der Waals surface area (Å²) in [5, 5.41) is 6.44. The Labute approximate surface area is 169 Å². The summed E-state index contributed by atoms with van der Waals surface area (Å²) in [6.45, 7) is 5.89. The minimum Gasteiger partial charge on any atom is -0.326 e. The van der Waals surface area contributed by atoms with Gasteiger partial charge in [0, 0.05) is 12.1 Å². The van der Waals surface area contributed by atoms with Gasteiger partial charge in [-0.05, 0) is 55.2 Å². The zero-order valence-corrected chi connectivity index (χ0v) is 16.9. The van der Waals surface area contributed by atoms with Crippen molar-refractivity contribution in [1.82, 2.24) is 4.98 Å². The van der Waals surface area contributed by atoms with E-state index < -0.39 is 0 Å². The molecule has 4 rings (SSSR count). The van der Waals surface area contributed by atoms with Crippen LogP contribution in [0.3, 0.4) is 0 Å². The van der Waals surface area contributed by atoms with Crippen molar-refractivity contribution in [3.63, 3.8) is 0 Å². The van der Waals surface area contributed by atoms with Gasteiger partial charge in [-0.2, -0.15) is 5.10 Å². The van der Waals surface area contributed by atoms with Gasteiger partial charge in [0.25, 0.3) is 5.56 Å². The van der Waals surface area contributed by atoms with E-state index in [1.165, 1.54) is 11.6 Å². The summed E-state index contributed by atoms with van der Waals surface area (Å²) >= 11 is 0. The first-order valence-electron chi connectivity index (χ1n) is 9.89. The molecule has 0 bridgehead atoms. The van der Waals surface area contributed by atoms with Gasteiger partial charge in [0.15, 0.2) is 0 Å². The number of hydrogen-bond acceptors (Lipinski definition) is 3. The Morgan fingerprint density at radius 2 is 1.86 bits per heavy atom. The average molecular weight is 389 g/mol. The molecule has 5 heteroatoms. The number of aryl methyl sites for hydroxylation is 3. The third-order valence-corrected chi connectivity index (χ3v) is 5.44. The van der Waals surface area contributed by atoms with E-state index in [2.05, 4.69) is 36.2 Å². The molecule has 0 amide bonds. The largest absolute Gasteiger partial charge is 0.326 e. The Morgan fingerprint density at radius 1 is 1.14 bits per heavy atom. The Bertz CT molecular complexity index is 1130. The van der Waals surface area contributed by atoms with Crippen molar-refractivity contribution in [3.05, 3.63) is 98.7 Å². The fourth-order valence-corrected chi connectivity index (χ4v) is 3.97. The number of benzene rings is 2. The second kappa shape index (κ2) is 7.66. The van der Waals surface area contributed by atoms with Gasteiger partial charge in [-0.15, -0.1) is 0 Å². The molecule has 4 nitrogen and oxygen atoms in total. The van der Waals surface area contributed by atoms with E-state index in [9.17, 15) is 9.18 Å². The molecule has 0 saturated heterocycles. The molecule has 2 aromatic carbocycles. The molecule has 1 aromatic heterocycles. The SMILES string of the molecule is CCc1ccc([C@@H]2CC(c3c(C)cc(C)[nH]c3=O)=NN2c2ccccc2F)cc1. The average Bonchev–Trinajstić information content (AvgIpc) is 3.12. The van der Waals surface area contributed by atoms with E-state index in [4.69, 9.17) is 5.10 Å². The molecule has 0 unspecified atom stereocenters. The highest BCUT2D eigenvalue weighted by Crippen LogP contribution is 2.37. The van der Waals surface area contributed by atoms with Gasteiger partial charge in [-0.3, -0.25) is 9.80 Å². The van der Waals surface area contributed by atoms with Gasteiger partial charge < -0.3 is 4.98 Å². The summed E-state index contributed by atoms with van der Waals surface area (Å²) in [7, 11) is 0. The number of nitrogens with one attached hydrogen (secondary N) is 1. The zero-order valence-electron chi connectivity index (χ0n) is 16.9. The monoisotopic (exact) mass is 389 g/mol. The first-order chi connectivity index (χ1) is 14.0. The summed E-state index contributed by atoms with van der Waals surface area (Å²) in [5.41, 5.74) is 5.49. The van der Waals surface area contributed by atoms with E-state index in [0.717, 1.165) is 23.2 Å². The first-order valence-corrected chi connectivity index (χ1v) is 9.89. The number of hydrogen-bond donors (Lipinski definition) is 1. The summed E-state index contributed by atoms with van der Waals surface area (Å²) in [4.78, 5) is 15.5. The molecule has 1 aliphatic heterocycles. The molecule has 148 valence electrons. The molecule has 1 atom stereocenters. The van der Waals surface area contributed by atoms with Gasteiger partial charge >= 0.3 is 0 Å². The van der Waals surface area contributed by atoms with E-state index in [0.29, 0.717) is 23.4 Å². The number of aromatic amines is 1. The molecule has 0 spiro atoms. The minimum absolute atomic E-state index is 0.156. The van der Waals surface area contributed by atoms with E-state index >= 15 is 0 Å². The lowest BCUT2D eigenvalue weighted by atomic mass is 9.95. The number of nitrogens with zero attached hydrogens (tertiary/aromatic N) is 2. The molecule has 1 aliphatic rings. The Kier molecular flexibility index (Phi) is 5.05. The van der Waals surface area contributed by atoms with Gasteiger partial charge in [0.2, 0.25) is 0 Å². The lowest BCUT2D eigenvalue weighted by molar-refractivity contribution is 0.606. The molecule has 0 fully saturated rings. The van der Waals surface area contributed by atoms with Crippen molar-refractivity contribution >= 4 is 11.4 Å². The molecule has 2 heterocycles. The summed E-state index contributed by atoms with van der Waals surface area (Å²) in [6.07, 6.45) is 1.49. The van der Waals surface area contributed by atoms with Crippen LogP contribution in [-0.4, -0.2) is 10.7 Å². The van der Waals surface area contributed by atoms with Crippen molar-refractivity contribution in [2.24, 2.45) is 5.10 Å². The first kappa shape index (κ1) is 19.1. The highest BCUT2D eigenvalue weighted by molar-refractivity contribution is 6.04. The lowest BCUT2D eigenvalue weighted by Crippen LogP contribution is -2.20. The maximum atomic E-state index is 14.6. The summed E-state index contributed by atoms with van der Waals surface area (Å²) in [6, 6.07) is 16.7. The van der Waals surface area contributed by atoms with Crippen LogP contribution in [0.2, 0.25) is 0 Å². The number of para-hydroxylation sites is 1. The van der Waals surface area contributed by atoms with Crippen molar-refractivity contribution in [3.8, 4) is 0 Å². The number of H-pyrrole nitrogens is 1. The number of pyridine rings is 1. The number of aromatic nitrogens is 1. The molecule has 0 radical (unpaired) electrons. The Balaban J connectivity index is 1.82. The van der Waals surface area contributed by atoms with Crippen molar-refractivity contribution in [2.45, 2.75) is 39.7 Å². The second-order valence-electron chi connectivity index (χ2n) is 7.50. The molecule has 0 aliphatic carbocycles. The lowest BCUT2D eigenvalue weighted by Gasteiger charge is -2.24. The fourth-order valence-electron chi connectivity index (χ4n) is 3.97. The van der Waals surface area contributed by atoms with Crippen LogP contribution in [0.5, 0.6) is 0 Å². The molecular weight excluding hydrogens is 365 g/mol. The summed E-state index contributed by atoms with van der Waals surface area (Å²) in [5.74, 6) is -0.331. The third-order valence-electron chi connectivity index (χ3n) is 5.44. The van der Waals surface area contributed by atoms with Crippen LogP contribution < -0.4 is 10.6 Å². The van der Waals surface area contributed by atoms with Gasteiger partial charge in [-0.1, -0.05) is 43.3 Å². The van der Waals surface area contributed by atoms with Crippen LogP contribution in [0.15, 0.2) is 64.5 Å².